The first-order valence-corrected chi connectivity index (χ1v) is 6.38. The number of hydrogen-bond donors (Lipinski definition) is 0. The van der Waals surface area contributed by atoms with Crippen molar-refractivity contribution in [3.63, 3.8) is 0 Å². The van der Waals surface area contributed by atoms with Gasteiger partial charge in [0.1, 0.15) is 6.79 Å². The van der Waals surface area contributed by atoms with Crippen molar-refractivity contribution in [3.8, 4) is 0 Å². The molecular weight excluding hydrogens is 198 g/mol. The van der Waals surface area contributed by atoms with Gasteiger partial charge in [-0.1, -0.05) is 40.5 Å². The van der Waals surface area contributed by atoms with Crippen molar-refractivity contribution in [1.29, 1.82) is 0 Å². The maximum Gasteiger partial charge on any atom is 0.106 e. The number of likely N-dealkylation sites (tertiary alicyclic amines) is 1. The molecule has 0 aliphatic carbocycles. The molecule has 0 aromatic rings. The molecule has 0 saturated carbocycles. The highest BCUT2D eigenvalue weighted by Gasteiger charge is 2.17. The van der Waals surface area contributed by atoms with Crippen molar-refractivity contribution < 1.29 is 4.79 Å². The molecule has 0 atom stereocenters. The van der Waals surface area contributed by atoms with Crippen LogP contribution in [0.4, 0.5) is 0 Å². The van der Waals surface area contributed by atoms with Gasteiger partial charge < -0.3 is 9.69 Å². The van der Waals surface area contributed by atoms with E-state index in [1.54, 1.807) is 0 Å². The summed E-state index contributed by atoms with van der Waals surface area (Å²) in [7, 11) is 0. The second-order valence-corrected chi connectivity index (χ2v) is 4.43. The number of carbonyl (C=O) groups is 1. The lowest BCUT2D eigenvalue weighted by Gasteiger charge is -2.31. The summed E-state index contributed by atoms with van der Waals surface area (Å²) in [4.78, 5) is 10.6. The van der Waals surface area contributed by atoms with Crippen LogP contribution in [0.1, 0.15) is 59.8 Å². The molecular formula is C14H31NO. The molecule has 0 aromatic heterocycles. The van der Waals surface area contributed by atoms with E-state index in [0.29, 0.717) is 0 Å². The van der Waals surface area contributed by atoms with E-state index in [4.69, 9.17) is 4.79 Å². The van der Waals surface area contributed by atoms with Crippen molar-refractivity contribution in [2.24, 2.45) is 5.92 Å². The maximum absolute atomic E-state index is 8.00. The number of carbonyl (C=O) groups excluding carboxylic acids is 1. The third-order valence-electron chi connectivity index (χ3n) is 3.23. The first-order valence-electron chi connectivity index (χ1n) is 6.38. The fraction of sp³-hybridized carbons (Fsp3) is 0.929. The second kappa shape index (κ2) is 12.7. The lowest BCUT2D eigenvalue weighted by Crippen LogP contribution is -2.34. The highest BCUT2D eigenvalue weighted by atomic mass is 16.1. The molecule has 1 aliphatic rings. The Kier molecular flexibility index (Phi) is 14.3. The van der Waals surface area contributed by atoms with Gasteiger partial charge in [-0.15, -0.1) is 0 Å². The molecule has 1 aliphatic heterocycles. The molecule has 0 unspecified atom stereocenters. The largest absolute Gasteiger partial charge is 0.307 e. The fourth-order valence-electron chi connectivity index (χ4n) is 2.29. The van der Waals surface area contributed by atoms with E-state index >= 15 is 0 Å². The number of unbranched alkanes of at least 4 members (excludes halogenated alkanes) is 1. The summed E-state index contributed by atoms with van der Waals surface area (Å²) in [6, 6.07) is 0. The summed E-state index contributed by atoms with van der Waals surface area (Å²) >= 11 is 0. The molecule has 1 rings (SSSR count). The molecule has 0 radical (unpaired) electrons. The van der Waals surface area contributed by atoms with Crippen LogP contribution in [0.3, 0.4) is 0 Å². The molecule has 2 nitrogen and oxygen atoms in total. The van der Waals surface area contributed by atoms with E-state index in [1.165, 1.54) is 58.2 Å². The molecule has 0 spiro atoms. The summed E-state index contributed by atoms with van der Waals surface area (Å²) in [5.41, 5.74) is 0. The average molecular weight is 229 g/mol. The molecule has 0 bridgehead atoms. The van der Waals surface area contributed by atoms with E-state index in [1.807, 2.05) is 6.79 Å². The topological polar surface area (TPSA) is 20.3 Å². The van der Waals surface area contributed by atoms with Gasteiger partial charge in [0.2, 0.25) is 0 Å². The van der Waals surface area contributed by atoms with Crippen molar-refractivity contribution in [2.45, 2.75) is 59.8 Å². The summed E-state index contributed by atoms with van der Waals surface area (Å²) in [5, 5.41) is 0. The van der Waals surface area contributed by atoms with Crippen LogP contribution >= 0.6 is 0 Å². The number of hydrogen-bond acceptors (Lipinski definition) is 2. The summed E-state index contributed by atoms with van der Waals surface area (Å²) in [6.45, 7) is 10.7. The Labute approximate surface area is 102 Å². The standard InChI is InChI=1S/C12H25N.CH2O.CH4/c1-3-5-9-13-10-7-12(6-4-2)8-11-13;1-2;/h12H,3-11H2,1-2H3;1H2;1H4. The van der Waals surface area contributed by atoms with Crippen molar-refractivity contribution in [2.75, 3.05) is 19.6 Å². The highest BCUT2D eigenvalue weighted by molar-refractivity contribution is 5.10. The Morgan fingerprint density at radius 3 is 2.12 bits per heavy atom. The zero-order valence-corrected chi connectivity index (χ0v) is 10.5. The maximum atomic E-state index is 8.00. The van der Waals surface area contributed by atoms with Gasteiger partial charge in [0.05, 0.1) is 0 Å². The molecule has 98 valence electrons. The minimum atomic E-state index is 0. The van der Waals surface area contributed by atoms with Gasteiger partial charge >= 0.3 is 0 Å². The predicted molar refractivity (Wildman–Crippen MR) is 72.8 cm³/mol. The van der Waals surface area contributed by atoms with Gasteiger partial charge in [0.15, 0.2) is 0 Å². The third-order valence-corrected chi connectivity index (χ3v) is 3.23. The van der Waals surface area contributed by atoms with Crippen LogP contribution in [0, 0.1) is 5.92 Å². The number of nitrogens with zero attached hydrogens (tertiary/aromatic N) is 1. The van der Waals surface area contributed by atoms with Crippen molar-refractivity contribution in [1.82, 2.24) is 4.90 Å². The van der Waals surface area contributed by atoms with E-state index < -0.39 is 0 Å². The van der Waals surface area contributed by atoms with Gasteiger partial charge in [-0.05, 0) is 44.8 Å². The molecule has 0 amide bonds. The molecule has 0 aromatic carbocycles. The van der Waals surface area contributed by atoms with Crippen molar-refractivity contribution in [3.05, 3.63) is 0 Å². The van der Waals surface area contributed by atoms with Crippen molar-refractivity contribution >= 4 is 6.79 Å². The summed E-state index contributed by atoms with van der Waals surface area (Å²) in [6.07, 6.45) is 8.48. The van der Waals surface area contributed by atoms with Gasteiger partial charge in [-0.2, -0.15) is 0 Å². The zero-order chi connectivity index (χ0) is 11.5. The lowest BCUT2D eigenvalue weighted by atomic mass is 9.92. The van der Waals surface area contributed by atoms with Gasteiger partial charge in [0.25, 0.3) is 0 Å². The van der Waals surface area contributed by atoms with Crippen LogP contribution < -0.4 is 0 Å². The highest BCUT2D eigenvalue weighted by Crippen LogP contribution is 2.21. The Morgan fingerprint density at radius 1 is 1.12 bits per heavy atom. The Bertz CT molecular complexity index is 131. The molecule has 1 saturated heterocycles. The average Bonchev–Trinajstić information content (AvgIpc) is 2.31. The van der Waals surface area contributed by atoms with E-state index in [-0.39, 0.29) is 7.43 Å². The van der Waals surface area contributed by atoms with Gasteiger partial charge in [-0.3, -0.25) is 0 Å². The number of piperidine rings is 1. The Hall–Kier alpha value is -0.370. The first kappa shape index (κ1) is 18.0. The van der Waals surface area contributed by atoms with Crippen LogP contribution in [0.25, 0.3) is 0 Å². The van der Waals surface area contributed by atoms with Crippen LogP contribution in [0.5, 0.6) is 0 Å². The third kappa shape index (κ3) is 7.86. The van der Waals surface area contributed by atoms with Crippen LogP contribution in [-0.2, 0) is 4.79 Å². The molecule has 1 fully saturated rings. The van der Waals surface area contributed by atoms with Crippen LogP contribution in [0.15, 0.2) is 0 Å². The van der Waals surface area contributed by atoms with Crippen LogP contribution in [-0.4, -0.2) is 31.3 Å². The first-order chi connectivity index (χ1) is 7.36. The van der Waals surface area contributed by atoms with Crippen LogP contribution in [0.2, 0.25) is 0 Å². The normalized spacial score (nSPS) is 17.1. The van der Waals surface area contributed by atoms with E-state index in [9.17, 15) is 0 Å². The smallest absolute Gasteiger partial charge is 0.106 e. The van der Waals surface area contributed by atoms with Gasteiger partial charge in [-0.25, -0.2) is 0 Å². The zero-order valence-electron chi connectivity index (χ0n) is 10.5. The predicted octanol–water partition coefficient (Wildman–Crippen LogP) is 3.75. The quantitative estimate of drug-likeness (QED) is 0.715. The SMILES string of the molecule is C.C=O.CCCCN1CCC(CCC)CC1. The van der Waals surface area contributed by atoms with E-state index in [2.05, 4.69) is 18.7 Å². The minimum absolute atomic E-state index is 0. The monoisotopic (exact) mass is 229 g/mol. The molecule has 0 N–H and O–H groups in total. The fourth-order valence-corrected chi connectivity index (χ4v) is 2.29. The lowest BCUT2D eigenvalue weighted by molar-refractivity contribution is -0.0979. The number of rotatable bonds is 5. The van der Waals surface area contributed by atoms with Gasteiger partial charge in [0, 0.05) is 0 Å². The summed E-state index contributed by atoms with van der Waals surface area (Å²) < 4.78 is 0. The van der Waals surface area contributed by atoms with E-state index in [0.717, 1.165) is 5.92 Å². The Balaban J connectivity index is 0. The second-order valence-electron chi connectivity index (χ2n) is 4.43. The minimum Gasteiger partial charge on any atom is -0.307 e. The summed E-state index contributed by atoms with van der Waals surface area (Å²) in [5.74, 6) is 1.04. The molecule has 1 heterocycles. The molecule has 2 heteroatoms. The Morgan fingerprint density at radius 2 is 1.69 bits per heavy atom. The molecule has 16 heavy (non-hydrogen) atoms.